The molecule has 0 radical (unpaired) electrons. The smallest absolute Gasteiger partial charge is 0.342 e. The number of rotatable bonds is 4. The maximum absolute atomic E-state index is 13.7. The Morgan fingerprint density at radius 2 is 2.05 bits per heavy atom. The van der Waals surface area contributed by atoms with Crippen molar-refractivity contribution in [3.8, 4) is 0 Å². The Bertz CT molecular complexity index is 711. The summed E-state index contributed by atoms with van der Waals surface area (Å²) < 4.78 is 13.7. The molecule has 0 amide bonds. The van der Waals surface area contributed by atoms with E-state index >= 15 is 0 Å². The van der Waals surface area contributed by atoms with E-state index in [2.05, 4.69) is 5.32 Å². The van der Waals surface area contributed by atoms with E-state index in [0.717, 1.165) is 12.1 Å². The van der Waals surface area contributed by atoms with Gasteiger partial charge in [-0.3, -0.25) is 10.1 Å². The number of hydrogen-bond donors (Lipinski definition) is 2. The zero-order valence-corrected chi connectivity index (χ0v) is 11.0. The first kappa shape index (κ1) is 14.4. The molecule has 2 aromatic rings. The molecule has 0 saturated carbocycles. The van der Waals surface area contributed by atoms with E-state index in [-0.39, 0.29) is 11.4 Å². The van der Waals surface area contributed by atoms with Crippen LogP contribution in [0.1, 0.15) is 15.9 Å². The highest BCUT2D eigenvalue weighted by atomic mass is 19.1. The number of benzene rings is 2. The number of hydrogen-bond acceptors (Lipinski definition) is 4. The van der Waals surface area contributed by atoms with Gasteiger partial charge < -0.3 is 10.4 Å². The van der Waals surface area contributed by atoms with E-state index in [0.29, 0.717) is 5.56 Å². The number of para-hydroxylation sites is 1. The number of nitrogens with zero attached hydrogens (tertiary/aromatic N) is 1. The van der Waals surface area contributed by atoms with Crippen LogP contribution in [-0.2, 0) is 0 Å². The number of carboxylic acids is 1. The lowest BCUT2D eigenvalue weighted by Gasteiger charge is -2.11. The van der Waals surface area contributed by atoms with E-state index < -0.39 is 28.0 Å². The Labute approximate surface area is 119 Å². The molecule has 0 saturated heterocycles. The van der Waals surface area contributed by atoms with Crippen molar-refractivity contribution in [3.05, 3.63) is 63.5 Å². The summed E-state index contributed by atoms with van der Waals surface area (Å²) in [4.78, 5) is 21.0. The summed E-state index contributed by atoms with van der Waals surface area (Å²) in [6.07, 6.45) is 0. The van der Waals surface area contributed by atoms with Crippen molar-refractivity contribution >= 4 is 23.0 Å². The molecule has 0 spiro atoms. The second-order valence-electron chi connectivity index (χ2n) is 4.35. The Morgan fingerprint density at radius 1 is 1.33 bits per heavy atom. The SMILES string of the molecule is Cc1cccc(F)c1Nc1ccc([N+](=O)[O-])c(C(=O)O)c1. The average Bonchev–Trinajstić information content (AvgIpc) is 2.42. The second-order valence-corrected chi connectivity index (χ2v) is 4.35. The highest BCUT2D eigenvalue weighted by Gasteiger charge is 2.20. The molecule has 0 aliphatic carbocycles. The molecule has 0 unspecified atom stereocenters. The van der Waals surface area contributed by atoms with E-state index in [4.69, 9.17) is 5.11 Å². The summed E-state index contributed by atoms with van der Waals surface area (Å²) >= 11 is 0. The zero-order valence-electron chi connectivity index (χ0n) is 11.0. The van der Waals surface area contributed by atoms with Gasteiger partial charge in [-0.15, -0.1) is 0 Å². The molecule has 0 heterocycles. The van der Waals surface area contributed by atoms with Crippen molar-refractivity contribution in [1.29, 1.82) is 0 Å². The molecule has 7 heteroatoms. The first-order chi connectivity index (χ1) is 9.90. The lowest BCUT2D eigenvalue weighted by atomic mass is 10.1. The predicted octanol–water partition coefficient (Wildman–Crippen LogP) is 3.48. The summed E-state index contributed by atoms with van der Waals surface area (Å²) in [5.41, 5.74) is 0.108. The van der Waals surface area contributed by atoms with Crippen molar-refractivity contribution in [2.75, 3.05) is 5.32 Å². The van der Waals surface area contributed by atoms with Gasteiger partial charge in [-0.05, 0) is 30.7 Å². The third kappa shape index (κ3) is 2.97. The van der Waals surface area contributed by atoms with Gasteiger partial charge in [-0.25, -0.2) is 9.18 Å². The Kier molecular flexibility index (Phi) is 3.84. The minimum absolute atomic E-state index is 0.197. The largest absolute Gasteiger partial charge is 0.477 e. The van der Waals surface area contributed by atoms with Gasteiger partial charge in [0.2, 0.25) is 0 Å². The normalized spacial score (nSPS) is 10.2. The van der Waals surface area contributed by atoms with Crippen LogP contribution in [0.25, 0.3) is 0 Å². The van der Waals surface area contributed by atoms with Crippen molar-refractivity contribution in [1.82, 2.24) is 0 Å². The quantitative estimate of drug-likeness (QED) is 0.664. The van der Waals surface area contributed by atoms with Crippen molar-refractivity contribution in [3.63, 3.8) is 0 Å². The fourth-order valence-corrected chi connectivity index (χ4v) is 1.88. The third-order valence-electron chi connectivity index (χ3n) is 2.91. The van der Waals surface area contributed by atoms with Gasteiger partial charge in [0.1, 0.15) is 11.4 Å². The summed E-state index contributed by atoms with van der Waals surface area (Å²) in [7, 11) is 0. The molecule has 6 nitrogen and oxygen atoms in total. The molecular formula is C14H11FN2O4. The van der Waals surface area contributed by atoms with Gasteiger partial charge in [0.15, 0.2) is 0 Å². The number of nitro groups is 1. The summed E-state index contributed by atoms with van der Waals surface area (Å²) in [5, 5.41) is 22.5. The molecule has 2 rings (SSSR count). The van der Waals surface area contributed by atoms with E-state index in [9.17, 15) is 19.3 Å². The number of carbonyl (C=O) groups is 1. The summed E-state index contributed by atoms with van der Waals surface area (Å²) in [6.45, 7) is 1.69. The van der Waals surface area contributed by atoms with Gasteiger partial charge in [-0.2, -0.15) is 0 Å². The molecule has 0 aliphatic heterocycles. The molecule has 0 atom stereocenters. The Morgan fingerprint density at radius 3 is 2.62 bits per heavy atom. The third-order valence-corrected chi connectivity index (χ3v) is 2.91. The van der Waals surface area contributed by atoms with Crippen LogP contribution in [0.4, 0.5) is 21.5 Å². The van der Waals surface area contributed by atoms with Crippen LogP contribution in [0, 0.1) is 22.9 Å². The standard InChI is InChI=1S/C14H11FN2O4/c1-8-3-2-4-11(15)13(8)16-9-5-6-12(17(20)21)10(7-9)14(18)19/h2-7,16H,1H3,(H,18,19). The van der Waals surface area contributed by atoms with E-state index in [1.807, 2.05) is 0 Å². The highest BCUT2D eigenvalue weighted by molar-refractivity contribution is 5.93. The monoisotopic (exact) mass is 290 g/mol. The van der Waals surface area contributed by atoms with E-state index in [1.54, 1.807) is 19.1 Å². The maximum atomic E-state index is 13.7. The topological polar surface area (TPSA) is 92.5 Å². The van der Waals surface area contributed by atoms with Crippen molar-refractivity contribution in [2.45, 2.75) is 6.92 Å². The summed E-state index contributed by atoms with van der Waals surface area (Å²) in [5.74, 6) is -1.92. The maximum Gasteiger partial charge on any atom is 0.342 e. The fraction of sp³-hybridized carbons (Fsp3) is 0.0714. The van der Waals surface area contributed by atoms with Crippen LogP contribution >= 0.6 is 0 Å². The molecule has 0 bridgehead atoms. The van der Waals surface area contributed by atoms with Gasteiger partial charge >= 0.3 is 5.97 Å². The highest BCUT2D eigenvalue weighted by Crippen LogP contribution is 2.27. The van der Waals surface area contributed by atoms with Gasteiger partial charge in [0.05, 0.1) is 10.6 Å². The Hall–Kier alpha value is -2.96. The number of anilines is 2. The number of aryl methyl sites for hydroxylation is 1. The number of halogens is 1. The van der Waals surface area contributed by atoms with Crippen molar-refractivity contribution < 1.29 is 19.2 Å². The van der Waals surface area contributed by atoms with Crippen LogP contribution in [0.15, 0.2) is 36.4 Å². The molecule has 0 aliphatic rings. The lowest BCUT2D eigenvalue weighted by molar-refractivity contribution is -0.385. The van der Waals surface area contributed by atoms with Gasteiger partial charge in [-0.1, -0.05) is 12.1 Å². The number of nitrogens with one attached hydrogen (secondary N) is 1. The first-order valence-electron chi connectivity index (χ1n) is 5.94. The summed E-state index contributed by atoms with van der Waals surface area (Å²) in [6, 6.07) is 8.01. The first-order valence-corrected chi connectivity index (χ1v) is 5.94. The van der Waals surface area contributed by atoms with Crippen LogP contribution in [0.5, 0.6) is 0 Å². The molecule has 0 fully saturated rings. The van der Waals surface area contributed by atoms with Gasteiger partial charge in [0.25, 0.3) is 5.69 Å². The Balaban J connectivity index is 2.44. The van der Waals surface area contributed by atoms with Crippen LogP contribution < -0.4 is 5.32 Å². The van der Waals surface area contributed by atoms with Gasteiger partial charge in [0, 0.05) is 11.8 Å². The van der Waals surface area contributed by atoms with Crippen LogP contribution in [0.3, 0.4) is 0 Å². The molecule has 0 aromatic heterocycles. The number of nitro benzene ring substituents is 1. The fourth-order valence-electron chi connectivity index (χ4n) is 1.88. The molecule has 2 N–H and O–H groups in total. The number of carboxylic acid groups (broad SMARTS) is 1. The second kappa shape index (κ2) is 5.58. The lowest BCUT2D eigenvalue weighted by Crippen LogP contribution is -2.04. The minimum atomic E-state index is -1.42. The minimum Gasteiger partial charge on any atom is -0.477 e. The van der Waals surface area contributed by atoms with Crippen LogP contribution in [-0.4, -0.2) is 16.0 Å². The molecular weight excluding hydrogens is 279 g/mol. The predicted molar refractivity (Wildman–Crippen MR) is 74.5 cm³/mol. The van der Waals surface area contributed by atoms with Crippen molar-refractivity contribution in [2.24, 2.45) is 0 Å². The molecule has 21 heavy (non-hydrogen) atoms. The molecule has 108 valence electrons. The molecule has 2 aromatic carbocycles. The van der Waals surface area contributed by atoms with Crippen LogP contribution in [0.2, 0.25) is 0 Å². The van der Waals surface area contributed by atoms with E-state index in [1.165, 1.54) is 12.1 Å². The zero-order chi connectivity index (χ0) is 15.6. The average molecular weight is 290 g/mol. The number of aromatic carboxylic acids is 1.